The molecule has 4 N–H and O–H groups in total. The quantitative estimate of drug-likeness (QED) is 0.535. The Balaban J connectivity index is 0.000000399. The maximum atomic E-state index is 10.3. The van der Waals surface area contributed by atoms with Gasteiger partial charge in [0.05, 0.1) is 0 Å². The van der Waals surface area contributed by atoms with Crippen LogP contribution < -0.4 is 0 Å². The average Bonchev–Trinajstić information content (AvgIpc) is 2.63. The predicted molar refractivity (Wildman–Crippen MR) is 94.0 cm³/mol. The van der Waals surface area contributed by atoms with Crippen molar-refractivity contribution in [2.75, 3.05) is 0 Å². The predicted octanol–water partition coefficient (Wildman–Crippen LogP) is 5.11. The molecule has 2 atom stereocenters. The fourth-order valence-electron chi connectivity index (χ4n) is 1.58. The zero-order chi connectivity index (χ0) is 19.2. The van der Waals surface area contributed by atoms with Gasteiger partial charge in [-0.1, -0.05) is 71.8 Å². The fourth-order valence-corrected chi connectivity index (χ4v) is 1.58. The molecule has 2 aromatic rings. The van der Waals surface area contributed by atoms with Crippen molar-refractivity contribution in [3.63, 3.8) is 0 Å². The summed E-state index contributed by atoms with van der Waals surface area (Å²) in [5.74, 6) is -2.23. The molecular formula is C16H16Cl2N2O4Pt. The first-order valence-electron chi connectivity index (χ1n) is 6.65. The number of hydrogen-bond donors (Lipinski definition) is 2. The molecule has 6 nitrogen and oxygen atoms in total. The van der Waals surface area contributed by atoms with Crippen LogP contribution in [0.15, 0.2) is 60.7 Å². The SMILES string of the molecule is [Cl][Pt+2][Cl].[NH-]C(C(=O)O)c1ccccc1.[NH-]C(C(=O)O)c1ccccc1. The number of carboxylic acid groups (broad SMARTS) is 2. The van der Waals surface area contributed by atoms with Gasteiger partial charge in [-0.15, -0.1) is 0 Å². The Labute approximate surface area is 162 Å². The van der Waals surface area contributed by atoms with Crippen molar-refractivity contribution >= 4 is 30.8 Å². The van der Waals surface area contributed by atoms with Crippen LogP contribution >= 0.6 is 18.8 Å². The molecule has 2 rings (SSSR count). The Morgan fingerprint density at radius 1 is 0.760 bits per heavy atom. The second-order valence-electron chi connectivity index (χ2n) is 4.41. The second-order valence-corrected chi connectivity index (χ2v) is 7.69. The number of carboxylic acids is 2. The number of nitrogens with one attached hydrogen (secondary N) is 2. The Morgan fingerprint density at radius 3 is 1.20 bits per heavy atom. The third kappa shape index (κ3) is 10.2. The molecule has 0 aliphatic rings. The summed E-state index contributed by atoms with van der Waals surface area (Å²) in [6.45, 7) is 0. The van der Waals surface area contributed by atoms with E-state index in [1.807, 2.05) is 0 Å². The summed E-state index contributed by atoms with van der Waals surface area (Å²) in [6, 6.07) is 14.7. The molecule has 0 saturated heterocycles. The van der Waals surface area contributed by atoms with E-state index in [0.717, 1.165) is 0 Å². The number of halogens is 2. The van der Waals surface area contributed by atoms with Gasteiger partial charge >= 0.3 is 35.3 Å². The van der Waals surface area contributed by atoms with E-state index in [9.17, 15) is 9.59 Å². The molecule has 0 bridgehead atoms. The van der Waals surface area contributed by atoms with E-state index in [1.54, 1.807) is 60.7 Å². The third-order valence-electron chi connectivity index (χ3n) is 2.76. The molecule has 0 amide bonds. The molecule has 25 heavy (non-hydrogen) atoms. The Morgan fingerprint density at radius 2 is 1.00 bits per heavy atom. The second kappa shape index (κ2) is 13.8. The minimum absolute atomic E-state index is 0.472. The summed E-state index contributed by atoms with van der Waals surface area (Å²) in [4.78, 5) is 20.6. The van der Waals surface area contributed by atoms with E-state index < -0.39 is 40.5 Å². The van der Waals surface area contributed by atoms with Crippen molar-refractivity contribution in [2.24, 2.45) is 0 Å². The molecule has 0 aliphatic heterocycles. The van der Waals surface area contributed by atoms with Gasteiger partial charge in [0.15, 0.2) is 0 Å². The number of carbonyl (C=O) groups is 2. The van der Waals surface area contributed by atoms with Crippen LogP contribution in [0.3, 0.4) is 0 Å². The van der Waals surface area contributed by atoms with Crippen molar-refractivity contribution in [2.45, 2.75) is 12.1 Å². The molecule has 0 saturated carbocycles. The van der Waals surface area contributed by atoms with Crippen LogP contribution in [0.2, 0.25) is 0 Å². The van der Waals surface area contributed by atoms with Gasteiger partial charge in [0.25, 0.3) is 11.9 Å². The summed E-state index contributed by atoms with van der Waals surface area (Å²) in [6.07, 6.45) is 0. The zero-order valence-electron chi connectivity index (χ0n) is 12.7. The molecular weight excluding hydrogens is 550 g/mol. The van der Waals surface area contributed by atoms with Crippen LogP contribution in [-0.2, 0) is 26.1 Å². The first-order valence-corrected chi connectivity index (χ1v) is 12.3. The molecule has 9 heteroatoms. The van der Waals surface area contributed by atoms with Gasteiger partial charge in [-0.05, 0) is 12.1 Å². The van der Waals surface area contributed by atoms with E-state index >= 15 is 0 Å². The Kier molecular flexibility index (Phi) is 13.0. The van der Waals surface area contributed by atoms with Gasteiger partial charge in [-0.25, -0.2) is 0 Å². The summed E-state index contributed by atoms with van der Waals surface area (Å²) in [7, 11) is 9.75. The number of rotatable bonds is 4. The summed E-state index contributed by atoms with van der Waals surface area (Å²) in [5.41, 5.74) is 15.4. The standard InChI is InChI=1S/2C8H8NO2.2ClH.Pt/c2*9-7(8(10)11)6-4-2-1-3-5-6;;;/h2*1-5,7,9H,(H,10,11);2*1H;/q2*-1;;;+4/p-2. The molecule has 0 heterocycles. The third-order valence-corrected chi connectivity index (χ3v) is 2.76. The van der Waals surface area contributed by atoms with Gasteiger partial charge in [-0.3, -0.25) is 9.59 Å². The molecule has 2 unspecified atom stereocenters. The molecule has 0 aliphatic carbocycles. The molecule has 0 aromatic heterocycles. The molecule has 0 spiro atoms. The molecule has 0 fully saturated rings. The van der Waals surface area contributed by atoms with E-state index in [-0.39, 0.29) is 0 Å². The van der Waals surface area contributed by atoms with Gasteiger partial charge in [-0.2, -0.15) is 0 Å². The summed E-state index contributed by atoms with van der Waals surface area (Å²) in [5, 5.41) is 16.9. The van der Waals surface area contributed by atoms with Crippen LogP contribution in [0.4, 0.5) is 0 Å². The van der Waals surface area contributed by atoms with Gasteiger partial charge in [0, 0.05) is 0 Å². The maximum Gasteiger partial charge on any atom is 0.289 e. The first kappa shape index (κ1) is 23.6. The van der Waals surface area contributed by atoms with Crippen LogP contribution in [0.5, 0.6) is 0 Å². The van der Waals surface area contributed by atoms with Crippen LogP contribution in [0.25, 0.3) is 11.5 Å². The van der Waals surface area contributed by atoms with Crippen LogP contribution in [0, 0.1) is 0 Å². The molecule has 0 radical (unpaired) electrons. The minimum atomic E-state index is -1.16. The normalized spacial score (nSPS) is 11.8. The Bertz CT molecular complexity index is 577. The van der Waals surface area contributed by atoms with E-state index in [1.165, 1.54) is 0 Å². The fraction of sp³-hybridized carbons (Fsp3) is 0.125. The van der Waals surface area contributed by atoms with Crippen molar-refractivity contribution in [3.8, 4) is 0 Å². The van der Waals surface area contributed by atoms with Crippen molar-refractivity contribution in [1.29, 1.82) is 0 Å². The monoisotopic (exact) mass is 565 g/mol. The van der Waals surface area contributed by atoms with E-state index in [2.05, 4.69) is 0 Å². The number of benzene rings is 2. The average molecular weight is 566 g/mol. The molecule has 138 valence electrons. The topological polar surface area (TPSA) is 122 Å². The van der Waals surface area contributed by atoms with Crippen molar-refractivity contribution in [3.05, 3.63) is 83.3 Å². The molecule has 2 aromatic carbocycles. The van der Waals surface area contributed by atoms with Crippen LogP contribution in [0.1, 0.15) is 23.2 Å². The number of hydrogen-bond acceptors (Lipinski definition) is 2. The zero-order valence-corrected chi connectivity index (χ0v) is 16.5. The summed E-state index contributed by atoms with van der Waals surface area (Å²) < 4.78 is 0. The maximum absolute atomic E-state index is 10.3. The van der Waals surface area contributed by atoms with E-state index in [0.29, 0.717) is 11.1 Å². The first-order chi connectivity index (χ1) is 11.8. The minimum Gasteiger partial charge on any atom is -0.661 e. The van der Waals surface area contributed by atoms with Gasteiger partial charge in [0.1, 0.15) is 0 Å². The van der Waals surface area contributed by atoms with Gasteiger partial charge < -0.3 is 21.7 Å². The van der Waals surface area contributed by atoms with E-state index in [4.69, 9.17) is 40.5 Å². The smallest absolute Gasteiger partial charge is 0.289 e. The largest absolute Gasteiger partial charge is 0.661 e. The number of aliphatic carboxylic acids is 2. The Hall–Kier alpha value is -1.43. The van der Waals surface area contributed by atoms with Crippen molar-refractivity contribution in [1.82, 2.24) is 0 Å². The van der Waals surface area contributed by atoms with Crippen molar-refractivity contribution < 1.29 is 36.3 Å². The van der Waals surface area contributed by atoms with Gasteiger partial charge in [0.2, 0.25) is 0 Å². The van der Waals surface area contributed by atoms with Crippen LogP contribution in [-0.4, -0.2) is 22.2 Å². The summed E-state index contributed by atoms with van der Waals surface area (Å²) >= 11 is -0.472.